The van der Waals surface area contributed by atoms with Gasteiger partial charge in [0.1, 0.15) is 6.54 Å². The Morgan fingerprint density at radius 1 is 1.10 bits per heavy atom. The van der Waals surface area contributed by atoms with E-state index in [1.165, 1.54) is 27.7 Å². The quantitative estimate of drug-likeness (QED) is 0.666. The number of carbonyl (C=O) groups excluding carboxylic acids is 1. The van der Waals surface area contributed by atoms with Crippen LogP contribution in [0.2, 0.25) is 5.02 Å². The van der Waals surface area contributed by atoms with Gasteiger partial charge in [0.05, 0.1) is 17.2 Å². The summed E-state index contributed by atoms with van der Waals surface area (Å²) < 4.78 is 1.36. The average Bonchev–Trinajstić information content (AvgIpc) is 2.72. The maximum Gasteiger partial charge on any atom is 0.261 e. The zero-order chi connectivity index (χ0) is 20.5. The Morgan fingerprint density at radius 2 is 1.86 bits per heavy atom. The molecule has 1 saturated heterocycles. The maximum atomic E-state index is 12.8. The highest BCUT2D eigenvalue weighted by Crippen LogP contribution is 2.24. The molecule has 4 rings (SSSR count). The third-order valence-corrected chi connectivity index (χ3v) is 5.88. The zero-order valence-corrected chi connectivity index (χ0v) is 17.3. The number of carbonyl (C=O) groups is 1. The number of rotatable bonds is 3. The van der Waals surface area contributed by atoms with Crippen LogP contribution in [0.5, 0.6) is 0 Å². The van der Waals surface area contributed by atoms with Gasteiger partial charge in [0.25, 0.3) is 5.56 Å². The first-order chi connectivity index (χ1) is 13.9. The average molecular weight is 411 g/mol. The van der Waals surface area contributed by atoms with E-state index in [4.69, 9.17) is 11.6 Å². The lowest BCUT2D eigenvalue weighted by Gasteiger charge is -2.37. The molecule has 1 aliphatic heterocycles. The second-order valence-corrected chi connectivity index (χ2v) is 7.86. The number of anilines is 1. The van der Waals surface area contributed by atoms with Gasteiger partial charge in [-0.3, -0.25) is 14.2 Å². The van der Waals surface area contributed by atoms with E-state index in [1.807, 2.05) is 4.90 Å². The summed E-state index contributed by atoms with van der Waals surface area (Å²) >= 11 is 6.00. The number of hydrogen-bond donors (Lipinski definition) is 0. The molecule has 0 saturated carbocycles. The minimum absolute atomic E-state index is 0.0161. The number of hydrogen-bond acceptors (Lipinski definition) is 4. The molecule has 7 heteroatoms. The van der Waals surface area contributed by atoms with Crippen LogP contribution >= 0.6 is 11.6 Å². The minimum Gasteiger partial charge on any atom is -0.368 e. The molecule has 150 valence electrons. The van der Waals surface area contributed by atoms with E-state index in [1.54, 1.807) is 18.2 Å². The monoisotopic (exact) mass is 410 g/mol. The second kappa shape index (κ2) is 7.87. The van der Waals surface area contributed by atoms with E-state index < -0.39 is 0 Å². The summed E-state index contributed by atoms with van der Waals surface area (Å²) in [5.74, 6) is -0.0732. The second-order valence-electron chi connectivity index (χ2n) is 7.43. The van der Waals surface area contributed by atoms with Crippen LogP contribution in [-0.2, 0) is 11.3 Å². The Bertz CT molecular complexity index is 1130. The number of aryl methyl sites for hydroxylation is 1. The van der Waals surface area contributed by atoms with Crippen LogP contribution in [0.3, 0.4) is 0 Å². The van der Waals surface area contributed by atoms with Gasteiger partial charge in [-0.1, -0.05) is 23.7 Å². The predicted molar refractivity (Wildman–Crippen MR) is 116 cm³/mol. The van der Waals surface area contributed by atoms with Gasteiger partial charge in [-0.2, -0.15) is 0 Å². The Hall–Kier alpha value is -2.86. The number of aromatic nitrogens is 2. The third kappa shape index (κ3) is 3.85. The van der Waals surface area contributed by atoms with E-state index in [0.717, 1.165) is 13.1 Å². The van der Waals surface area contributed by atoms with Crippen LogP contribution in [0.15, 0.2) is 47.5 Å². The van der Waals surface area contributed by atoms with Crippen molar-refractivity contribution in [2.24, 2.45) is 0 Å². The highest BCUT2D eigenvalue weighted by Gasteiger charge is 2.23. The molecular weight excluding hydrogens is 388 g/mol. The van der Waals surface area contributed by atoms with Crippen molar-refractivity contribution >= 4 is 34.1 Å². The fourth-order valence-corrected chi connectivity index (χ4v) is 3.94. The van der Waals surface area contributed by atoms with Crippen molar-refractivity contribution in [3.63, 3.8) is 0 Å². The van der Waals surface area contributed by atoms with Gasteiger partial charge >= 0.3 is 0 Å². The first-order valence-corrected chi connectivity index (χ1v) is 10.1. The lowest BCUT2D eigenvalue weighted by atomic mass is 10.1. The first-order valence-electron chi connectivity index (χ1n) is 9.67. The molecule has 2 aromatic carbocycles. The summed E-state index contributed by atoms with van der Waals surface area (Å²) in [6, 6.07) is 11.3. The van der Waals surface area contributed by atoms with Crippen molar-refractivity contribution in [3.05, 3.63) is 69.2 Å². The minimum atomic E-state index is -0.250. The van der Waals surface area contributed by atoms with E-state index in [-0.39, 0.29) is 18.0 Å². The molecular formula is C22H23ClN4O2. The molecule has 2 heterocycles. The standard InChI is InChI=1S/C22H23ClN4O2/c1-15-4-3-5-20(16(15)2)25-8-10-26(11-9-25)21(28)13-27-14-24-19-7-6-17(23)12-18(19)22(27)29/h3-7,12,14H,8-11,13H2,1-2H3. The molecule has 1 fully saturated rings. The van der Waals surface area contributed by atoms with Gasteiger partial charge in [-0.25, -0.2) is 4.98 Å². The van der Waals surface area contributed by atoms with Gasteiger partial charge in [0.15, 0.2) is 0 Å². The highest BCUT2D eigenvalue weighted by atomic mass is 35.5. The van der Waals surface area contributed by atoms with E-state index in [0.29, 0.717) is 29.0 Å². The van der Waals surface area contributed by atoms with Crippen LogP contribution in [0.4, 0.5) is 5.69 Å². The topological polar surface area (TPSA) is 58.4 Å². The van der Waals surface area contributed by atoms with Gasteiger partial charge in [0, 0.05) is 36.9 Å². The number of benzene rings is 2. The Morgan fingerprint density at radius 3 is 2.62 bits per heavy atom. The molecule has 0 aliphatic carbocycles. The molecule has 1 amide bonds. The molecule has 1 aliphatic rings. The van der Waals surface area contributed by atoms with Crippen molar-refractivity contribution in [2.75, 3.05) is 31.1 Å². The van der Waals surface area contributed by atoms with Crippen LogP contribution in [-0.4, -0.2) is 46.5 Å². The normalized spacial score (nSPS) is 14.4. The third-order valence-electron chi connectivity index (χ3n) is 5.64. The number of halogens is 1. The van der Waals surface area contributed by atoms with Gasteiger partial charge in [0.2, 0.25) is 5.91 Å². The molecule has 0 spiro atoms. The van der Waals surface area contributed by atoms with Crippen molar-refractivity contribution in [1.82, 2.24) is 14.5 Å². The Balaban J connectivity index is 1.45. The zero-order valence-electron chi connectivity index (χ0n) is 16.6. The summed E-state index contributed by atoms with van der Waals surface area (Å²) in [6.07, 6.45) is 1.43. The number of amides is 1. The molecule has 29 heavy (non-hydrogen) atoms. The molecule has 0 bridgehead atoms. The molecule has 0 radical (unpaired) electrons. The molecule has 0 atom stereocenters. The summed E-state index contributed by atoms with van der Waals surface area (Å²) in [6.45, 7) is 7.04. The van der Waals surface area contributed by atoms with Gasteiger partial charge < -0.3 is 9.80 Å². The van der Waals surface area contributed by atoms with Gasteiger partial charge in [-0.15, -0.1) is 0 Å². The fraction of sp³-hybridized carbons (Fsp3) is 0.318. The highest BCUT2D eigenvalue weighted by molar-refractivity contribution is 6.31. The van der Waals surface area contributed by atoms with Crippen molar-refractivity contribution in [1.29, 1.82) is 0 Å². The summed E-state index contributed by atoms with van der Waals surface area (Å²) in [4.78, 5) is 33.9. The molecule has 0 N–H and O–H groups in total. The van der Waals surface area contributed by atoms with Crippen LogP contribution in [0.25, 0.3) is 10.9 Å². The van der Waals surface area contributed by atoms with Crippen LogP contribution in [0.1, 0.15) is 11.1 Å². The largest absolute Gasteiger partial charge is 0.368 e. The lowest BCUT2D eigenvalue weighted by Crippen LogP contribution is -2.50. The van der Waals surface area contributed by atoms with Crippen molar-refractivity contribution in [2.45, 2.75) is 20.4 Å². The summed E-state index contributed by atoms with van der Waals surface area (Å²) in [5.41, 5.74) is 4.10. The Labute approximate surface area is 174 Å². The van der Waals surface area contributed by atoms with Gasteiger partial charge in [-0.05, 0) is 49.2 Å². The molecule has 3 aromatic rings. The van der Waals surface area contributed by atoms with Crippen molar-refractivity contribution < 1.29 is 4.79 Å². The van der Waals surface area contributed by atoms with Crippen LogP contribution in [0, 0.1) is 13.8 Å². The number of fused-ring (bicyclic) bond motifs is 1. The van der Waals surface area contributed by atoms with E-state index in [2.05, 4.69) is 41.9 Å². The number of nitrogens with zero attached hydrogens (tertiary/aromatic N) is 4. The molecule has 1 aromatic heterocycles. The summed E-state index contributed by atoms with van der Waals surface area (Å²) in [7, 11) is 0. The SMILES string of the molecule is Cc1cccc(N2CCN(C(=O)Cn3cnc4ccc(Cl)cc4c3=O)CC2)c1C. The molecule has 0 unspecified atom stereocenters. The van der Waals surface area contributed by atoms with Crippen molar-refractivity contribution in [3.8, 4) is 0 Å². The van der Waals surface area contributed by atoms with Crippen LogP contribution < -0.4 is 10.5 Å². The Kier molecular flexibility index (Phi) is 5.28. The number of piperazine rings is 1. The maximum absolute atomic E-state index is 12.8. The fourth-order valence-electron chi connectivity index (χ4n) is 3.76. The first kappa shape index (κ1) is 19.5. The predicted octanol–water partition coefficient (Wildman–Crippen LogP) is 3.02. The summed E-state index contributed by atoms with van der Waals surface area (Å²) in [5, 5.41) is 0.899. The van der Waals surface area contributed by atoms with E-state index in [9.17, 15) is 9.59 Å². The smallest absolute Gasteiger partial charge is 0.261 e. The molecule has 6 nitrogen and oxygen atoms in total. The lowest BCUT2D eigenvalue weighted by molar-refractivity contribution is -0.132. The van der Waals surface area contributed by atoms with E-state index >= 15 is 0 Å².